The van der Waals surface area contributed by atoms with Gasteiger partial charge in [-0.1, -0.05) is 54.1 Å². The van der Waals surface area contributed by atoms with Crippen molar-refractivity contribution in [3.8, 4) is 0 Å². The van der Waals surface area contributed by atoms with Gasteiger partial charge in [0.2, 0.25) is 0 Å². The van der Waals surface area contributed by atoms with Gasteiger partial charge in [0.05, 0.1) is 10.7 Å². The highest BCUT2D eigenvalue weighted by molar-refractivity contribution is 6.46. The van der Waals surface area contributed by atoms with Gasteiger partial charge in [-0.15, -0.1) is 0 Å². The highest BCUT2D eigenvalue weighted by Gasteiger charge is 2.30. The second-order valence-electron chi connectivity index (χ2n) is 6.46. The van der Waals surface area contributed by atoms with E-state index in [-0.39, 0.29) is 26.6 Å². The number of nitrogens with one attached hydrogen (secondary N) is 1. The van der Waals surface area contributed by atoms with Crippen molar-refractivity contribution in [2.24, 2.45) is 16.9 Å². The van der Waals surface area contributed by atoms with E-state index in [1.165, 1.54) is 25.7 Å². The molecule has 1 heterocycles. The molecule has 8 heteroatoms. The van der Waals surface area contributed by atoms with Crippen LogP contribution < -0.4 is 11.2 Å². The smallest absolute Gasteiger partial charge is 0.291 e. The Morgan fingerprint density at radius 3 is 2.58 bits per heavy atom. The van der Waals surface area contributed by atoms with Crippen molar-refractivity contribution < 1.29 is 4.79 Å². The van der Waals surface area contributed by atoms with E-state index in [9.17, 15) is 4.79 Å². The van der Waals surface area contributed by atoms with Gasteiger partial charge in [0, 0.05) is 5.71 Å². The average Bonchev–Trinajstić information content (AvgIpc) is 2.60. The van der Waals surface area contributed by atoms with Crippen LogP contribution in [0.25, 0.3) is 0 Å². The maximum absolute atomic E-state index is 12.3. The molecule has 0 bridgehead atoms. The van der Waals surface area contributed by atoms with E-state index < -0.39 is 5.91 Å². The molecule has 2 aliphatic rings. The van der Waals surface area contributed by atoms with Gasteiger partial charge in [-0.05, 0) is 37.5 Å². The Morgan fingerprint density at radius 2 is 1.83 bits per heavy atom. The number of anilines is 1. The summed E-state index contributed by atoms with van der Waals surface area (Å²) in [7, 11) is 0. The highest BCUT2D eigenvalue weighted by Crippen LogP contribution is 2.39. The van der Waals surface area contributed by atoms with Crippen molar-refractivity contribution in [1.82, 2.24) is 10.4 Å². The zero-order chi connectivity index (χ0) is 17.3. The zero-order valence-corrected chi connectivity index (χ0v) is 15.4. The lowest BCUT2D eigenvalue weighted by molar-refractivity contribution is 0.0949. The lowest BCUT2D eigenvalue weighted by atomic mass is 9.70. The van der Waals surface area contributed by atoms with Crippen molar-refractivity contribution in [3.05, 3.63) is 20.9 Å². The quantitative estimate of drug-likeness (QED) is 0.568. The molecule has 1 amide bonds. The molecule has 0 spiro atoms. The van der Waals surface area contributed by atoms with Gasteiger partial charge in [-0.2, -0.15) is 5.10 Å². The van der Waals surface area contributed by atoms with Crippen LogP contribution >= 0.6 is 34.8 Å². The molecule has 0 aliphatic heterocycles. The van der Waals surface area contributed by atoms with Crippen molar-refractivity contribution in [1.29, 1.82) is 0 Å². The Kier molecular flexibility index (Phi) is 5.52. The number of nitrogen functional groups attached to an aromatic ring is 1. The van der Waals surface area contributed by atoms with Gasteiger partial charge in [-0.3, -0.25) is 4.79 Å². The van der Waals surface area contributed by atoms with Crippen LogP contribution in [0.15, 0.2) is 5.10 Å². The number of aromatic nitrogens is 1. The standard InChI is InChI=1S/C16H19Cl3N4O/c17-11-13(20)12(18)15(19)21-14(11)16(24)23-22-10-6-5-8-3-1-2-4-9(8)7-10/h8-9H,1-7H2,(H2,20,21)(H,23,24)/b22-10+/t8-,9+/m1/s1. The predicted molar refractivity (Wildman–Crippen MR) is 97.9 cm³/mol. The second kappa shape index (κ2) is 7.46. The third-order valence-electron chi connectivity index (χ3n) is 4.97. The minimum absolute atomic E-state index is 0.0157. The number of hydrogen-bond donors (Lipinski definition) is 2. The molecule has 2 atom stereocenters. The third-order valence-corrected chi connectivity index (χ3v) is 6.11. The van der Waals surface area contributed by atoms with Crippen LogP contribution in [-0.4, -0.2) is 16.6 Å². The molecule has 0 unspecified atom stereocenters. The molecule has 0 aromatic carbocycles. The summed E-state index contributed by atoms with van der Waals surface area (Å²) in [6, 6.07) is 0. The topological polar surface area (TPSA) is 80.4 Å². The summed E-state index contributed by atoms with van der Waals surface area (Å²) < 4.78 is 0. The lowest BCUT2D eigenvalue weighted by Gasteiger charge is -2.35. The van der Waals surface area contributed by atoms with Gasteiger partial charge >= 0.3 is 0 Å². The molecule has 0 saturated heterocycles. The van der Waals surface area contributed by atoms with Gasteiger partial charge < -0.3 is 5.73 Å². The summed E-state index contributed by atoms with van der Waals surface area (Å²) in [5, 5.41) is 4.24. The van der Waals surface area contributed by atoms with Gasteiger partial charge in [0.15, 0.2) is 10.8 Å². The predicted octanol–water partition coefficient (Wildman–Crippen LogP) is 4.70. The van der Waals surface area contributed by atoms with E-state index in [1.807, 2.05) is 0 Å². The molecular formula is C16H19Cl3N4O. The SMILES string of the molecule is Nc1c(Cl)c(Cl)nc(C(=O)N/N=C2\CC[C@H]3CCCC[C@H]3C2)c1Cl. The number of pyridine rings is 1. The van der Waals surface area contributed by atoms with E-state index in [4.69, 9.17) is 40.5 Å². The van der Waals surface area contributed by atoms with Gasteiger partial charge in [0.1, 0.15) is 5.02 Å². The molecule has 24 heavy (non-hydrogen) atoms. The van der Waals surface area contributed by atoms with Crippen molar-refractivity contribution >= 4 is 52.1 Å². The van der Waals surface area contributed by atoms with Crippen molar-refractivity contribution in [2.45, 2.75) is 44.9 Å². The number of hydrazone groups is 1. The molecule has 2 saturated carbocycles. The van der Waals surface area contributed by atoms with E-state index in [1.54, 1.807) is 0 Å². The highest BCUT2D eigenvalue weighted by atomic mass is 35.5. The Balaban J connectivity index is 1.69. The number of fused-ring (bicyclic) bond motifs is 1. The van der Waals surface area contributed by atoms with Crippen LogP contribution in [0, 0.1) is 11.8 Å². The first-order valence-electron chi connectivity index (χ1n) is 8.13. The first kappa shape index (κ1) is 17.8. The minimum atomic E-state index is -0.538. The van der Waals surface area contributed by atoms with E-state index in [0.29, 0.717) is 5.92 Å². The molecule has 2 fully saturated rings. The lowest BCUT2D eigenvalue weighted by Crippen LogP contribution is -2.30. The molecule has 2 aliphatic carbocycles. The molecule has 1 aromatic heterocycles. The maximum atomic E-state index is 12.3. The fourth-order valence-electron chi connectivity index (χ4n) is 3.66. The summed E-state index contributed by atoms with van der Waals surface area (Å²) in [4.78, 5) is 16.2. The van der Waals surface area contributed by atoms with Gasteiger partial charge in [0.25, 0.3) is 5.91 Å². The van der Waals surface area contributed by atoms with Gasteiger partial charge in [-0.25, -0.2) is 10.4 Å². The Bertz CT molecular complexity index is 692. The summed E-state index contributed by atoms with van der Waals surface area (Å²) in [6.07, 6.45) is 8.25. The number of carbonyl (C=O) groups excluding carboxylic acids is 1. The first-order chi connectivity index (χ1) is 11.5. The molecule has 5 nitrogen and oxygen atoms in total. The second-order valence-corrected chi connectivity index (χ2v) is 7.57. The minimum Gasteiger partial charge on any atom is -0.396 e. The van der Waals surface area contributed by atoms with Crippen LogP contribution in [-0.2, 0) is 0 Å². The average molecular weight is 390 g/mol. The number of nitrogens with two attached hydrogens (primary N) is 1. The maximum Gasteiger partial charge on any atom is 0.291 e. The fraction of sp³-hybridized carbons (Fsp3) is 0.562. The monoisotopic (exact) mass is 388 g/mol. The van der Waals surface area contributed by atoms with E-state index in [2.05, 4.69) is 15.5 Å². The van der Waals surface area contributed by atoms with Crippen LogP contribution in [0.4, 0.5) is 5.69 Å². The number of halogens is 3. The molecule has 3 N–H and O–H groups in total. The summed E-state index contributed by atoms with van der Waals surface area (Å²) in [5.74, 6) is 0.980. The summed E-state index contributed by atoms with van der Waals surface area (Å²) in [6.45, 7) is 0. The van der Waals surface area contributed by atoms with Crippen molar-refractivity contribution in [2.75, 3.05) is 5.73 Å². The normalized spacial score (nSPS) is 25.4. The molecular weight excluding hydrogens is 371 g/mol. The zero-order valence-electron chi connectivity index (χ0n) is 13.1. The molecule has 1 aromatic rings. The summed E-state index contributed by atoms with van der Waals surface area (Å²) in [5.41, 5.74) is 9.25. The van der Waals surface area contributed by atoms with Crippen LogP contribution in [0.1, 0.15) is 55.4 Å². The van der Waals surface area contributed by atoms with E-state index >= 15 is 0 Å². The number of amides is 1. The number of rotatable bonds is 2. The van der Waals surface area contributed by atoms with Crippen LogP contribution in [0.5, 0.6) is 0 Å². The number of hydrogen-bond acceptors (Lipinski definition) is 4. The summed E-state index contributed by atoms with van der Waals surface area (Å²) >= 11 is 17.8. The largest absolute Gasteiger partial charge is 0.396 e. The van der Waals surface area contributed by atoms with Crippen LogP contribution in [0.2, 0.25) is 15.2 Å². The first-order valence-corrected chi connectivity index (χ1v) is 9.26. The fourth-order valence-corrected chi connectivity index (χ4v) is 4.25. The van der Waals surface area contributed by atoms with Crippen molar-refractivity contribution in [3.63, 3.8) is 0 Å². The Morgan fingerprint density at radius 1 is 1.12 bits per heavy atom. The third kappa shape index (κ3) is 3.63. The number of nitrogens with zero attached hydrogens (tertiary/aromatic N) is 2. The Labute approximate surface area is 155 Å². The molecule has 3 rings (SSSR count). The van der Waals surface area contributed by atoms with Crippen LogP contribution in [0.3, 0.4) is 0 Å². The number of carbonyl (C=O) groups is 1. The molecule has 130 valence electrons. The van der Waals surface area contributed by atoms with E-state index in [0.717, 1.165) is 30.9 Å². The molecule has 0 radical (unpaired) electrons. The Hall–Kier alpha value is -1.04.